The van der Waals surface area contributed by atoms with Crippen LogP contribution in [0.1, 0.15) is 37.9 Å². The van der Waals surface area contributed by atoms with Crippen molar-refractivity contribution >= 4 is 52.6 Å². The maximum Gasteiger partial charge on any atom is 0.338 e. The second kappa shape index (κ2) is 10.9. The molecule has 0 amide bonds. The van der Waals surface area contributed by atoms with Gasteiger partial charge in [-0.2, -0.15) is 0 Å². The van der Waals surface area contributed by atoms with E-state index in [1.54, 1.807) is 56.3 Å². The first-order chi connectivity index (χ1) is 17.6. The average Bonchev–Trinajstić information content (AvgIpc) is 3.15. The molecule has 0 fully saturated rings. The predicted octanol–water partition coefficient (Wildman–Crippen LogP) is 4.04. The second-order valence-corrected chi connectivity index (χ2v) is 9.80. The molecule has 1 aliphatic heterocycles. The van der Waals surface area contributed by atoms with Crippen LogP contribution < -0.4 is 24.4 Å². The lowest BCUT2D eigenvalue weighted by atomic mass is 9.95. The van der Waals surface area contributed by atoms with Crippen molar-refractivity contribution in [3.8, 4) is 11.5 Å². The van der Waals surface area contributed by atoms with Crippen LogP contribution in [-0.4, -0.2) is 30.2 Å². The van der Waals surface area contributed by atoms with E-state index >= 15 is 0 Å². The molecule has 1 unspecified atom stereocenters. The summed E-state index contributed by atoms with van der Waals surface area (Å²) in [7, 11) is 1.43. The number of rotatable bonds is 6. The van der Waals surface area contributed by atoms with Crippen LogP contribution in [0.25, 0.3) is 6.08 Å². The van der Waals surface area contributed by atoms with Crippen LogP contribution in [0.4, 0.5) is 0 Å². The molecule has 0 spiro atoms. The lowest BCUT2D eigenvalue weighted by Crippen LogP contribution is -2.40. The van der Waals surface area contributed by atoms with Crippen molar-refractivity contribution < 1.29 is 23.8 Å². The van der Waals surface area contributed by atoms with Crippen molar-refractivity contribution in [2.75, 3.05) is 13.7 Å². The number of nitrogens with zero attached hydrogens (tertiary/aromatic N) is 2. The van der Waals surface area contributed by atoms with Gasteiger partial charge in [0.2, 0.25) is 0 Å². The molecule has 11 heteroatoms. The minimum atomic E-state index is -0.855. The van der Waals surface area contributed by atoms with Gasteiger partial charge in [-0.15, -0.1) is 0 Å². The molecule has 0 N–H and O–H groups in total. The first-order valence-corrected chi connectivity index (χ1v) is 12.7. The molecule has 8 nitrogen and oxygen atoms in total. The van der Waals surface area contributed by atoms with Gasteiger partial charge in [-0.1, -0.05) is 46.7 Å². The molecule has 2 aromatic carbocycles. The van der Waals surface area contributed by atoms with Gasteiger partial charge in [0.25, 0.3) is 5.56 Å². The third-order valence-electron chi connectivity index (χ3n) is 5.52. The molecule has 0 saturated heterocycles. The third kappa shape index (κ3) is 5.34. The van der Waals surface area contributed by atoms with Crippen LogP contribution in [0.2, 0.25) is 10.0 Å². The Morgan fingerprint density at radius 3 is 2.54 bits per heavy atom. The first-order valence-electron chi connectivity index (χ1n) is 11.2. The van der Waals surface area contributed by atoms with E-state index in [1.165, 1.54) is 29.9 Å². The van der Waals surface area contributed by atoms with E-state index in [2.05, 4.69) is 4.99 Å². The van der Waals surface area contributed by atoms with Crippen LogP contribution >= 0.6 is 34.5 Å². The summed E-state index contributed by atoms with van der Waals surface area (Å²) in [6.07, 6.45) is 1.69. The summed E-state index contributed by atoms with van der Waals surface area (Å²) in [5.74, 6) is -0.618. The molecule has 2 heterocycles. The molecular formula is C26H22Cl2N2O6S. The number of halogens is 2. The highest BCUT2D eigenvalue weighted by Crippen LogP contribution is 2.36. The van der Waals surface area contributed by atoms with Crippen molar-refractivity contribution in [2.45, 2.75) is 26.8 Å². The van der Waals surface area contributed by atoms with Crippen molar-refractivity contribution in [3.63, 3.8) is 0 Å². The molecule has 1 atom stereocenters. The number of esters is 2. The van der Waals surface area contributed by atoms with Gasteiger partial charge in [0.1, 0.15) is 0 Å². The Labute approximate surface area is 226 Å². The van der Waals surface area contributed by atoms with Crippen molar-refractivity contribution in [2.24, 2.45) is 4.99 Å². The molecule has 0 saturated carbocycles. The van der Waals surface area contributed by atoms with Crippen LogP contribution in [0.3, 0.4) is 0 Å². The molecular weight excluding hydrogens is 539 g/mol. The van der Waals surface area contributed by atoms with Crippen LogP contribution in [-0.2, 0) is 14.3 Å². The SMILES string of the molecule is CCOC(=O)C1=C(C)N=c2sc(=Cc3ccc(Cl)c(Cl)c3)c(=O)n2C1c1ccc(OC(C)=O)c(OC)c1. The molecule has 1 aromatic heterocycles. The largest absolute Gasteiger partial charge is 0.493 e. The monoisotopic (exact) mass is 560 g/mol. The number of ether oxygens (including phenoxy) is 3. The maximum absolute atomic E-state index is 13.7. The maximum atomic E-state index is 13.7. The Morgan fingerprint density at radius 1 is 1.14 bits per heavy atom. The fourth-order valence-electron chi connectivity index (χ4n) is 3.95. The number of benzene rings is 2. The molecule has 3 aromatic rings. The van der Waals surface area contributed by atoms with E-state index in [-0.39, 0.29) is 29.2 Å². The summed E-state index contributed by atoms with van der Waals surface area (Å²) in [5.41, 5.74) is 1.53. The highest BCUT2D eigenvalue weighted by Gasteiger charge is 2.34. The van der Waals surface area contributed by atoms with Crippen LogP contribution in [0.5, 0.6) is 11.5 Å². The zero-order valence-corrected chi connectivity index (χ0v) is 22.7. The Morgan fingerprint density at radius 2 is 1.89 bits per heavy atom. The zero-order valence-electron chi connectivity index (χ0n) is 20.3. The summed E-state index contributed by atoms with van der Waals surface area (Å²) >= 11 is 13.4. The number of methoxy groups -OCH3 is 1. The average molecular weight is 561 g/mol. The molecule has 0 aliphatic carbocycles. The van der Waals surface area contributed by atoms with E-state index in [0.29, 0.717) is 36.2 Å². The highest BCUT2D eigenvalue weighted by molar-refractivity contribution is 7.07. The minimum Gasteiger partial charge on any atom is -0.493 e. The molecule has 0 radical (unpaired) electrons. The Kier molecular flexibility index (Phi) is 7.87. The van der Waals surface area contributed by atoms with E-state index in [4.69, 9.17) is 37.4 Å². The summed E-state index contributed by atoms with van der Waals surface area (Å²) in [6.45, 7) is 4.83. The number of hydrogen-bond donors (Lipinski definition) is 0. The zero-order chi connectivity index (χ0) is 26.9. The van der Waals surface area contributed by atoms with Crippen LogP contribution in [0, 0.1) is 0 Å². The van der Waals surface area contributed by atoms with E-state index in [1.807, 2.05) is 0 Å². The number of carbonyl (C=O) groups excluding carboxylic acids is 2. The second-order valence-electron chi connectivity index (χ2n) is 7.98. The fourth-order valence-corrected chi connectivity index (χ4v) is 5.31. The molecule has 1 aliphatic rings. The third-order valence-corrected chi connectivity index (χ3v) is 7.24. The van der Waals surface area contributed by atoms with Crippen molar-refractivity contribution in [1.82, 2.24) is 4.57 Å². The summed E-state index contributed by atoms with van der Waals surface area (Å²) < 4.78 is 17.8. The van der Waals surface area contributed by atoms with Crippen molar-refractivity contribution in [3.05, 3.63) is 88.5 Å². The Hall–Kier alpha value is -3.40. The molecule has 37 heavy (non-hydrogen) atoms. The predicted molar refractivity (Wildman–Crippen MR) is 141 cm³/mol. The fraction of sp³-hybridized carbons (Fsp3) is 0.231. The van der Waals surface area contributed by atoms with Gasteiger partial charge >= 0.3 is 11.9 Å². The lowest BCUT2D eigenvalue weighted by molar-refractivity contribution is -0.139. The highest BCUT2D eigenvalue weighted by atomic mass is 35.5. The Bertz CT molecular complexity index is 1620. The van der Waals surface area contributed by atoms with E-state index in [9.17, 15) is 14.4 Å². The number of fused-ring (bicyclic) bond motifs is 1. The Balaban J connectivity index is 1.95. The number of thiazole rings is 1. The number of allylic oxidation sites excluding steroid dienone is 1. The number of hydrogen-bond acceptors (Lipinski definition) is 8. The van der Waals surface area contributed by atoms with Crippen LogP contribution in [0.15, 0.2) is 57.5 Å². The summed E-state index contributed by atoms with van der Waals surface area (Å²) in [5, 5.41) is 0.766. The van der Waals surface area contributed by atoms with E-state index in [0.717, 1.165) is 0 Å². The van der Waals surface area contributed by atoms with Gasteiger partial charge in [0, 0.05) is 6.92 Å². The first kappa shape index (κ1) is 26.7. The van der Waals surface area contributed by atoms with Gasteiger partial charge in [-0.25, -0.2) is 9.79 Å². The van der Waals surface area contributed by atoms with Gasteiger partial charge in [0.15, 0.2) is 16.3 Å². The normalized spacial score (nSPS) is 15.2. The van der Waals surface area contributed by atoms with Gasteiger partial charge < -0.3 is 14.2 Å². The smallest absolute Gasteiger partial charge is 0.338 e. The molecule has 0 bridgehead atoms. The standard InChI is InChI=1S/C26H22Cl2N2O6S/c1-5-35-25(33)22-13(2)29-26-30(23(22)16-7-9-19(36-14(3)31)20(12-16)34-4)24(32)21(37-26)11-15-6-8-17(27)18(28)10-15/h6-12,23H,5H2,1-4H3. The van der Waals surface area contributed by atoms with Gasteiger partial charge in [0.05, 0.1) is 45.6 Å². The summed E-state index contributed by atoms with van der Waals surface area (Å²) in [4.78, 5) is 43.2. The molecule has 192 valence electrons. The van der Waals surface area contributed by atoms with Gasteiger partial charge in [-0.05, 0) is 55.3 Å². The number of aromatic nitrogens is 1. The van der Waals surface area contributed by atoms with Gasteiger partial charge in [-0.3, -0.25) is 14.2 Å². The quantitative estimate of drug-likeness (QED) is 0.333. The molecule has 4 rings (SSSR count). The van der Waals surface area contributed by atoms with Crippen molar-refractivity contribution in [1.29, 1.82) is 0 Å². The lowest BCUT2D eigenvalue weighted by Gasteiger charge is -2.25. The van der Waals surface area contributed by atoms with E-state index < -0.39 is 18.0 Å². The number of carbonyl (C=O) groups is 2. The minimum absolute atomic E-state index is 0.152. The topological polar surface area (TPSA) is 96.2 Å². The summed E-state index contributed by atoms with van der Waals surface area (Å²) in [6, 6.07) is 9.04.